The van der Waals surface area contributed by atoms with Gasteiger partial charge in [-0.2, -0.15) is 0 Å². The van der Waals surface area contributed by atoms with Crippen molar-refractivity contribution < 1.29 is 23.0 Å². The first-order chi connectivity index (χ1) is 19.3. The summed E-state index contributed by atoms with van der Waals surface area (Å²) in [6.07, 6.45) is 3.42. The molecule has 1 aliphatic rings. The van der Waals surface area contributed by atoms with E-state index in [-0.39, 0.29) is 38.5 Å². The zero-order chi connectivity index (χ0) is 28.4. The maximum Gasteiger partial charge on any atom is 0.266 e. The highest BCUT2D eigenvalue weighted by atomic mass is 35.5. The Kier molecular flexibility index (Phi) is 8.59. The van der Waals surface area contributed by atoms with E-state index >= 15 is 0 Å². The van der Waals surface area contributed by atoms with Crippen LogP contribution in [0.2, 0.25) is 5.02 Å². The van der Waals surface area contributed by atoms with Gasteiger partial charge >= 0.3 is 0 Å². The van der Waals surface area contributed by atoms with Crippen molar-refractivity contribution >= 4 is 38.9 Å². The minimum Gasteiger partial charge on any atom is -0.497 e. The van der Waals surface area contributed by atoms with Crippen LogP contribution >= 0.6 is 22.9 Å². The van der Waals surface area contributed by atoms with Crippen molar-refractivity contribution in [3.63, 3.8) is 0 Å². The fourth-order valence-electron chi connectivity index (χ4n) is 5.46. The fraction of sp³-hybridized carbons (Fsp3) is 0.323. The maximum absolute atomic E-state index is 14.6. The van der Waals surface area contributed by atoms with E-state index < -0.39 is 11.6 Å². The average Bonchev–Trinajstić information content (AvgIpc) is 3.35. The second-order valence-corrected chi connectivity index (χ2v) is 11.4. The molecule has 1 N–H and O–H groups in total. The van der Waals surface area contributed by atoms with Crippen LogP contribution in [0.5, 0.6) is 11.5 Å². The molecule has 5 rings (SSSR count). The van der Waals surface area contributed by atoms with Crippen LogP contribution in [-0.4, -0.2) is 44.2 Å². The van der Waals surface area contributed by atoms with Gasteiger partial charge in [0.25, 0.3) is 5.91 Å². The SMILES string of the molecule is CN[C@H]1CC[C@@H](N(Cc2cc(-c3ccc(OC)cc3)ccc2OC)C(=O)c2sc3c(F)ccc(F)c3c2Cl)CC1. The molecule has 4 aromatic rings. The molecule has 1 heterocycles. The molecule has 0 aliphatic heterocycles. The van der Waals surface area contributed by atoms with Gasteiger partial charge in [-0.1, -0.05) is 29.8 Å². The number of ether oxygens (including phenoxy) is 2. The lowest BCUT2D eigenvalue weighted by Gasteiger charge is -2.37. The van der Waals surface area contributed by atoms with Gasteiger partial charge in [-0.05, 0) is 80.3 Å². The maximum atomic E-state index is 14.6. The van der Waals surface area contributed by atoms with Gasteiger partial charge in [0, 0.05) is 24.2 Å². The molecule has 1 amide bonds. The highest BCUT2D eigenvalue weighted by Gasteiger charge is 2.33. The average molecular weight is 585 g/mol. The van der Waals surface area contributed by atoms with Gasteiger partial charge < -0.3 is 19.7 Å². The van der Waals surface area contributed by atoms with E-state index in [4.69, 9.17) is 21.1 Å². The minimum absolute atomic E-state index is 0.0464. The third-order valence-corrected chi connectivity index (χ3v) is 9.40. The van der Waals surface area contributed by atoms with Crippen LogP contribution in [0.15, 0.2) is 54.6 Å². The predicted molar refractivity (Wildman–Crippen MR) is 157 cm³/mol. The van der Waals surface area contributed by atoms with Crippen molar-refractivity contribution in [1.82, 2.24) is 10.2 Å². The Bertz CT molecular complexity index is 1520. The zero-order valence-corrected chi connectivity index (χ0v) is 24.2. The molecule has 0 spiro atoms. The number of nitrogens with zero attached hydrogens (tertiary/aromatic N) is 1. The van der Waals surface area contributed by atoms with Crippen LogP contribution in [0, 0.1) is 11.6 Å². The van der Waals surface area contributed by atoms with Crippen LogP contribution in [0.25, 0.3) is 21.2 Å². The van der Waals surface area contributed by atoms with Gasteiger partial charge in [-0.25, -0.2) is 8.78 Å². The van der Waals surface area contributed by atoms with Gasteiger partial charge in [-0.15, -0.1) is 11.3 Å². The molecule has 0 atom stereocenters. The molecule has 0 saturated heterocycles. The Morgan fingerprint density at radius 3 is 2.27 bits per heavy atom. The first-order valence-electron chi connectivity index (χ1n) is 13.2. The molecule has 3 aromatic carbocycles. The molecule has 1 saturated carbocycles. The Morgan fingerprint density at radius 2 is 1.65 bits per heavy atom. The van der Waals surface area contributed by atoms with Crippen LogP contribution in [0.4, 0.5) is 8.78 Å². The lowest BCUT2D eigenvalue weighted by molar-refractivity contribution is 0.0604. The molecule has 1 fully saturated rings. The number of methoxy groups -OCH3 is 2. The Balaban J connectivity index is 1.55. The smallest absolute Gasteiger partial charge is 0.266 e. The molecule has 0 unspecified atom stereocenters. The molecule has 210 valence electrons. The monoisotopic (exact) mass is 584 g/mol. The van der Waals surface area contributed by atoms with Crippen LogP contribution < -0.4 is 14.8 Å². The molecule has 1 aromatic heterocycles. The molecular formula is C31H31ClF2N2O3S. The van der Waals surface area contributed by atoms with E-state index in [9.17, 15) is 13.6 Å². The Morgan fingerprint density at radius 1 is 0.975 bits per heavy atom. The Labute approximate surface area is 241 Å². The summed E-state index contributed by atoms with van der Waals surface area (Å²) < 4.78 is 40.3. The number of halogens is 3. The molecule has 9 heteroatoms. The highest BCUT2D eigenvalue weighted by Crippen LogP contribution is 2.40. The number of thiophene rings is 1. The van der Waals surface area contributed by atoms with E-state index in [0.717, 1.165) is 71.6 Å². The normalized spacial score (nSPS) is 17.1. The summed E-state index contributed by atoms with van der Waals surface area (Å²) in [5, 5.41) is 3.24. The van der Waals surface area contributed by atoms with Gasteiger partial charge in [0.15, 0.2) is 0 Å². The Hall–Kier alpha value is -3.20. The first-order valence-corrected chi connectivity index (χ1v) is 14.4. The topological polar surface area (TPSA) is 50.8 Å². The number of nitrogens with one attached hydrogen (secondary N) is 1. The van der Waals surface area contributed by atoms with Gasteiger partial charge in [-0.3, -0.25) is 4.79 Å². The second kappa shape index (κ2) is 12.1. The first kappa shape index (κ1) is 28.3. The van der Waals surface area contributed by atoms with Crippen LogP contribution in [-0.2, 0) is 6.54 Å². The number of hydrogen-bond donors (Lipinski definition) is 1. The largest absolute Gasteiger partial charge is 0.497 e. The lowest BCUT2D eigenvalue weighted by atomic mass is 9.89. The van der Waals surface area contributed by atoms with E-state index in [2.05, 4.69) is 5.32 Å². The lowest BCUT2D eigenvalue weighted by Crippen LogP contribution is -2.44. The van der Waals surface area contributed by atoms with Crippen molar-refractivity contribution in [1.29, 1.82) is 0 Å². The molecule has 5 nitrogen and oxygen atoms in total. The van der Waals surface area contributed by atoms with Gasteiger partial charge in [0.1, 0.15) is 28.0 Å². The summed E-state index contributed by atoms with van der Waals surface area (Å²) >= 11 is 7.46. The minimum atomic E-state index is -0.647. The van der Waals surface area contributed by atoms with E-state index in [1.807, 2.05) is 49.5 Å². The summed E-state index contributed by atoms with van der Waals surface area (Å²) in [5.41, 5.74) is 2.79. The van der Waals surface area contributed by atoms with Crippen molar-refractivity contribution in [2.24, 2.45) is 0 Å². The number of fused-ring (bicyclic) bond motifs is 1. The number of carbonyl (C=O) groups is 1. The van der Waals surface area contributed by atoms with Crippen molar-refractivity contribution in [3.05, 3.63) is 81.7 Å². The molecular weight excluding hydrogens is 554 g/mol. The number of rotatable bonds is 8. The fourth-order valence-corrected chi connectivity index (χ4v) is 6.96. The van der Waals surface area contributed by atoms with E-state index in [0.29, 0.717) is 11.8 Å². The van der Waals surface area contributed by atoms with Crippen molar-refractivity contribution in [2.75, 3.05) is 21.3 Å². The van der Waals surface area contributed by atoms with Crippen molar-refractivity contribution in [3.8, 4) is 22.6 Å². The van der Waals surface area contributed by atoms with Crippen LogP contribution in [0.3, 0.4) is 0 Å². The molecule has 1 aliphatic carbocycles. The third-order valence-electron chi connectivity index (χ3n) is 7.73. The number of hydrogen-bond acceptors (Lipinski definition) is 5. The van der Waals surface area contributed by atoms with Crippen LogP contribution in [0.1, 0.15) is 40.9 Å². The summed E-state index contributed by atoms with van der Waals surface area (Å²) in [6, 6.07) is 16.1. The van der Waals surface area contributed by atoms with Crippen molar-refractivity contribution in [2.45, 2.75) is 44.3 Å². The summed E-state index contributed by atoms with van der Waals surface area (Å²) in [7, 11) is 5.18. The van der Waals surface area contributed by atoms with E-state index in [1.165, 1.54) is 0 Å². The second-order valence-electron chi connectivity index (χ2n) is 9.96. The summed E-state index contributed by atoms with van der Waals surface area (Å²) in [6.45, 7) is 0.260. The molecule has 0 radical (unpaired) electrons. The summed E-state index contributed by atoms with van der Waals surface area (Å²) in [5.74, 6) is -0.170. The zero-order valence-electron chi connectivity index (χ0n) is 22.6. The predicted octanol–water partition coefficient (Wildman–Crippen LogP) is 7.69. The summed E-state index contributed by atoms with van der Waals surface area (Å²) in [4.78, 5) is 16.1. The van der Waals surface area contributed by atoms with E-state index in [1.54, 1.807) is 19.1 Å². The number of carbonyl (C=O) groups excluding carboxylic acids is 1. The van der Waals surface area contributed by atoms with Gasteiger partial charge in [0.05, 0.1) is 29.3 Å². The quantitative estimate of drug-likeness (QED) is 0.231. The highest BCUT2D eigenvalue weighted by molar-refractivity contribution is 7.21. The molecule has 40 heavy (non-hydrogen) atoms. The molecule has 0 bridgehead atoms. The number of amides is 1. The number of benzene rings is 3. The standard InChI is InChI=1S/C31H31ClF2N2O3S/c1-35-21-7-9-22(10-8-21)36(31(37)30-28(32)27-24(33)13-14-25(34)29(27)40-30)17-20-16-19(6-15-26(20)39-3)18-4-11-23(38-2)12-5-18/h4-6,11-16,21-22,35H,7-10,17H2,1-3H3/t21-,22+. The van der Waals surface area contributed by atoms with Gasteiger partial charge in [0.2, 0.25) is 0 Å². The third kappa shape index (κ3) is 5.53.